The molecule has 0 radical (unpaired) electrons. The number of aliphatic hydroxyl groups excluding tert-OH is 1. The van der Waals surface area contributed by atoms with Gasteiger partial charge in [0.25, 0.3) is 0 Å². The number of benzene rings is 1. The minimum Gasteiger partial charge on any atom is -0.481 e. The third-order valence-electron chi connectivity index (χ3n) is 9.17. The molecule has 1 rings (SSSR count). The van der Waals surface area contributed by atoms with Gasteiger partial charge < -0.3 is 48.3 Å². The Morgan fingerprint density at radius 1 is 0.737 bits per heavy atom. The minimum atomic E-state index is -1.56. The van der Waals surface area contributed by atoms with Crippen LogP contribution in [0.2, 0.25) is 0 Å². The fourth-order valence-electron chi connectivity index (χ4n) is 6.15. The predicted octanol–water partition coefficient (Wildman–Crippen LogP) is 0.0290. The fraction of sp³-hybridized carbons (Fsp3) is 0.675. The van der Waals surface area contributed by atoms with Crippen LogP contribution < -0.4 is 38.1 Å². The van der Waals surface area contributed by atoms with E-state index in [0.717, 1.165) is 6.42 Å². The molecule has 6 amide bonds. The number of nitrogens with two attached hydrogens (primary N) is 2. The van der Waals surface area contributed by atoms with Gasteiger partial charge in [-0.15, -0.1) is 0 Å². The summed E-state index contributed by atoms with van der Waals surface area (Å²) < 4.78 is 0. The number of carbonyl (C=O) groups is 7. The molecule has 0 spiro atoms. The zero-order valence-electron chi connectivity index (χ0n) is 34.9. The highest BCUT2D eigenvalue weighted by Crippen LogP contribution is 2.17. The zero-order chi connectivity index (χ0) is 43.4. The molecule has 6 atom stereocenters. The van der Waals surface area contributed by atoms with Gasteiger partial charge in [0.15, 0.2) is 0 Å². The number of carboxylic acids is 1. The summed E-state index contributed by atoms with van der Waals surface area (Å²) in [7, 11) is 0. The first-order valence-electron chi connectivity index (χ1n) is 19.8. The number of carbonyl (C=O) groups excluding carboxylic acids is 6. The molecule has 0 bridgehead atoms. The van der Waals surface area contributed by atoms with Gasteiger partial charge in [0.2, 0.25) is 35.4 Å². The van der Waals surface area contributed by atoms with E-state index in [2.05, 4.69) is 40.4 Å². The van der Waals surface area contributed by atoms with Crippen molar-refractivity contribution in [3.05, 3.63) is 35.9 Å². The van der Waals surface area contributed by atoms with Crippen molar-refractivity contribution in [3.63, 3.8) is 0 Å². The maximum Gasteiger partial charge on any atom is 0.305 e. The summed E-state index contributed by atoms with van der Waals surface area (Å²) in [5.74, 6) is -5.19. The first-order chi connectivity index (χ1) is 26.6. The van der Waals surface area contributed by atoms with E-state index in [9.17, 15) is 38.7 Å². The number of nitrogens with zero attached hydrogens (tertiary/aromatic N) is 1. The van der Waals surface area contributed by atoms with Crippen molar-refractivity contribution in [2.75, 3.05) is 26.2 Å². The quantitative estimate of drug-likeness (QED) is 0.0572. The topological polar surface area (TPSA) is 275 Å². The number of aliphatic carboxylic acids is 1. The highest BCUT2D eigenvalue weighted by Gasteiger charge is 2.33. The van der Waals surface area contributed by atoms with Gasteiger partial charge in [-0.1, -0.05) is 85.7 Å². The molecule has 1 aromatic rings. The molecule has 1 aromatic carbocycles. The highest BCUT2D eigenvalue weighted by molar-refractivity contribution is 5.96. The number of carboxylic acid groups (broad SMARTS) is 1. The molecule has 17 heteroatoms. The Balaban J connectivity index is 3.15. The maximum atomic E-state index is 13.8. The van der Waals surface area contributed by atoms with E-state index in [-0.39, 0.29) is 24.3 Å². The third kappa shape index (κ3) is 19.9. The molecule has 0 aliphatic heterocycles. The molecular formula is C40H68N8O9. The SMILES string of the molecule is CC(C)CCN(C[C@H](CC(C)C)NC(=O)CNC(=O)[C@@H](NC(=O)[C@H](Cc1ccccc1)NC(=O)[C@H](CO)NC(=O)[C@@H](N)CC(=O)O)C(C)C)[C@@H](CC(C)C)C(N)=O. The Labute approximate surface area is 337 Å². The van der Waals surface area contributed by atoms with Crippen LogP contribution in [0, 0.1) is 23.7 Å². The lowest BCUT2D eigenvalue weighted by Gasteiger charge is -2.35. The normalized spacial score (nSPS) is 14.7. The summed E-state index contributed by atoms with van der Waals surface area (Å²) in [5, 5.41) is 31.8. The van der Waals surface area contributed by atoms with E-state index in [4.69, 9.17) is 16.6 Å². The molecule has 0 heterocycles. The number of primary amides is 1. The Hall–Kier alpha value is -4.61. The minimum absolute atomic E-state index is 0.0307. The lowest BCUT2D eigenvalue weighted by molar-refractivity contribution is -0.140. The van der Waals surface area contributed by atoms with Crippen LogP contribution in [0.5, 0.6) is 0 Å². The second-order valence-corrected chi connectivity index (χ2v) is 16.3. The van der Waals surface area contributed by atoms with E-state index >= 15 is 0 Å². The number of nitrogens with one attached hydrogen (secondary N) is 5. The smallest absolute Gasteiger partial charge is 0.305 e. The summed E-state index contributed by atoms with van der Waals surface area (Å²) in [6.45, 7) is 15.4. The second kappa shape index (κ2) is 25.6. The lowest BCUT2D eigenvalue weighted by atomic mass is 9.98. The summed E-state index contributed by atoms with van der Waals surface area (Å²) >= 11 is 0. The molecule has 17 nitrogen and oxygen atoms in total. The van der Waals surface area contributed by atoms with Crippen LogP contribution in [0.25, 0.3) is 0 Å². The summed E-state index contributed by atoms with van der Waals surface area (Å²) in [4.78, 5) is 91.8. The standard InChI is InChI=1S/C40H68N8O9/c1-23(2)14-15-48(32(36(42)53)17-25(5)6)21-28(16-24(3)4)44-33(50)20-43-40(57)35(26(7)8)47-38(55)30(18-27-12-10-9-11-13-27)45-39(56)31(22-49)46-37(54)29(41)19-34(51)52/h9-13,23-26,28-32,35,49H,14-22,41H2,1-8H3,(H2,42,53)(H,43,57)(H,44,50)(H,45,56)(H,46,54)(H,47,55)(H,51,52)/t28-,29-,30-,31-,32-,35-/m0/s1. The van der Waals surface area contributed by atoms with Gasteiger partial charge in [0.05, 0.1) is 31.7 Å². The monoisotopic (exact) mass is 805 g/mol. The average Bonchev–Trinajstić information content (AvgIpc) is 3.11. The molecular weight excluding hydrogens is 736 g/mol. The van der Waals surface area contributed by atoms with Gasteiger partial charge in [-0.25, -0.2) is 0 Å². The maximum absolute atomic E-state index is 13.8. The molecule has 11 N–H and O–H groups in total. The summed E-state index contributed by atoms with van der Waals surface area (Å²) in [6, 6.07) is 2.36. The first-order valence-corrected chi connectivity index (χ1v) is 19.8. The van der Waals surface area contributed by atoms with E-state index in [1.807, 2.05) is 32.6 Å². The molecule has 0 unspecified atom stereocenters. The van der Waals surface area contributed by atoms with Gasteiger partial charge in [-0.3, -0.25) is 38.5 Å². The Kier molecular flexibility index (Phi) is 22.6. The number of rotatable bonds is 27. The molecule has 0 aliphatic carbocycles. The van der Waals surface area contributed by atoms with Gasteiger partial charge in [-0.2, -0.15) is 0 Å². The van der Waals surface area contributed by atoms with Crippen molar-refractivity contribution in [2.24, 2.45) is 35.1 Å². The fourth-order valence-corrected chi connectivity index (χ4v) is 6.15. The Morgan fingerprint density at radius 2 is 1.32 bits per heavy atom. The van der Waals surface area contributed by atoms with E-state index in [1.165, 1.54) is 0 Å². The number of aliphatic hydroxyl groups is 1. The molecule has 0 saturated heterocycles. The third-order valence-corrected chi connectivity index (χ3v) is 9.17. The largest absolute Gasteiger partial charge is 0.481 e. The van der Waals surface area contributed by atoms with E-state index in [1.54, 1.807) is 44.2 Å². The molecule has 0 fully saturated rings. The number of amides is 6. The lowest BCUT2D eigenvalue weighted by Crippen LogP contribution is -2.60. The zero-order valence-corrected chi connectivity index (χ0v) is 34.9. The van der Waals surface area contributed by atoms with E-state index in [0.29, 0.717) is 37.4 Å². The van der Waals surface area contributed by atoms with Crippen LogP contribution in [-0.2, 0) is 40.0 Å². The van der Waals surface area contributed by atoms with Crippen LogP contribution in [0.1, 0.15) is 86.6 Å². The second-order valence-electron chi connectivity index (χ2n) is 16.3. The van der Waals surface area contributed by atoms with Crippen LogP contribution in [0.4, 0.5) is 0 Å². The molecule has 322 valence electrons. The van der Waals surface area contributed by atoms with Crippen LogP contribution in [0.3, 0.4) is 0 Å². The molecule has 0 aromatic heterocycles. The van der Waals surface area contributed by atoms with Crippen molar-refractivity contribution in [1.82, 2.24) is 31.5 Å². The predicted molar refractivity (Wildman–Crippen MR) is 216 cm³/mol. The van der Waals surface area contributed by atoms with Crippen LogP contribution in [-0.4, -0.2) is 119 Å². The number of hydrogen-bond donors (Lipinski definition) is 9. The highest BCUT2D eigenvalue weighted by atomic mass is 16.4. The van der Waals surface area contributed by atoms with Crippen LogP contribution in [0.15, 0.2) is 30.3 Å². The van der Waals surface area contributed by atoms with Crippen molar-refractivity contribution >= 4 is 41.4 Å². The van der Waals surface area contributed by atoms with Crippen molar-refractivity contribution in [1.29, 1.82) is 0 Å². The average molecular weight is 805 g/mol. The number of hydrogen-bond acceptors (Lipinski definition) is 10. The summed E-state index contributed by atoms with van der Waals surface area (Å²) in [6.07, 6.45) is 1.28. The van der Waals surface area contributed by atoms with Gasteiger partial charge in [0, 0.05) is 19.0 Å². The molecule has 0 saturated carbocycles. The van der Waals surface area contributed by atoms with Gasteiger partial charge >= 0.3 is 5.97 Å². The first kappa shape index (κ1) is 50.4. The Bertz CT molecular complexity index is 1460. The molecule has 57 heavy (non-hydrogen) atoms. The Morgan fingerprint density at radius 3 is 1.82 bits per heavy atom. The van der Waals surface area contributed by atoms with Crippen LogP contribution >= 0.6 is 0 Å². The van der Waals surface area contributed by atoms with Crippen molar-refractivity contribution in [3.8, 4) is 0 Å². The van der Waals surface area contributed by atoms with E-state index < -0.39 is 97.1 Å². The summed E-state index contributed by atoms with van der Waals surface area (Å²) in [5.41, 5.74) is 12.1. The molecule has 0 aliphatic rings. The van der Waals surface area contributed by atoms with Crippen molar-refractivity contribution in [2.45, 2.75) is 124 Å². The van der Waals surface area contributed by atoms with Gasteiger partial charge in [-0.05, 0) is 55.0 Å². The van der Waals surface area contributed by atoms with Gasteiger partial charge in [0.1, 0.15) is 18.1 Å². The van der Waals surface area contributed by atoms with Crippen molar-refractivity contribution < 1.29 is 43.8 Å².